The van der Waals surface area contributed by atoms with Gasteiger partial charge in [-0.2, -0.15) is 0 Å². The third-order valence-electron chi connectivity index (χ3n) is 2.53. The number of hydrogen-bond acceptors (Lipinski definition) is 1. The van der Waals surface area contributed by atoms with E-state index in [9.17, 15) is 0 Å². The SMILES string of the molecule is CCc1c(CBr)ccc2sc(C)cc12. The number of thiophene rings is 1. The first-order valence-electron chi connectivity index (χ1n) is 4.83. The Hall–Kier alpha value is -0.340. The molecule has 0 unspecified atom stereocenters. The van der Waals surface area contributed by atoms with Gasteiger partial charge in [-0.1, -0.05) is 28.9 Å². The van der Waals surface area contributed by atoms with E-state index >= 15 is 0 Å². The Bertz CT molecular complexity index is 457. The minimum Gasteiger partial charge on any atom is -0.141 e. The van der Waals surface area contributed by atoms with E-state index in [0.29, 0.717) is 0 Å². The fourth-order valence-electron chi connectivity index (χ4n) is 1.88. The number of fused-ring (bicyclic) bond motifs is 1. The van der Waals surface area contributed by atoms with E-state index < -0.39 is 0 Å². The van der Waals surface area contributed by atoms with Gasteiger partial charge < -0.3 is 0 Å². The minimum atomic E-state index is 0.959. The molecule has 0 N–H and O–H groups in total. The first kappa shape index (κ1) is 10.2. The monoisotopic (exact) mass is 268 g/mol. The summed E-state index contributed by atoms with van der Waals surface area (Å²) in [6.07, 6.45) is 1.12. The first-order valence-corrected chi connectivity index (χ1v) is 6.77. The van der Waals surface area contributed by atoms with Crippen molar-refractivity contribution in [2.45, 2.75) is 25.6 Å². The number of benzene rings is 1. The Balaban J connectivity index is 2.75. The van der Waals surface area contributed by atoms with Gasteiger partial charge in [0.25, 0.3) is 0 Å². The van der Waals surface area contributed by atoms with Gasteiger partial charge in [-0.25, -0.2) is 0 Å². The lowest BCUT2D eigenvalue weighted by molar-refractivity contribution is 1.13. The van der Waals surface area contributed by atoms with Gasteiger partial charge >= 0.3 is 0 Å². The average molecular weight is 269 g/mol. The summed E-state index contributed by atoms with van der Waals surface area (Å²) in [4.78, 5) is 1.40. The second kappa shape index (κ2) is 4.03. The standard InChI is InChI=1S/C12H13BrS/c1-3-10-9(7-13)4-5-12-11(10)6-8(2)14-12/h4-6H,3,7H2,1-2H3. The van der Waals surface area contributed by atoms with Crippen LogP contribution in [0, 0.1) is 6.92 Å². The highest BCUT2D eigenvalue weighted by Gasteiger charge is 2.07. The van der Waals surface area contributed by atoms with Crippen LogP contribution in [0.5, 0.6) is 0 Å². The molecule has 2 rings (SSSR count). The highest BCUT2D eigenvalue weighted by atomic mass is 79.9. The van der Waals surface area contributed by atoms with Crippen LogP contribution in [-0.4, -0.2) is 0 Å². The summed E-state index contributed by atoms with van der Waals surface area (Å²) in [5.74, 6) is 0. The van der Waals surface area contributed by atoms with Crippen LogP contribution in [0.2, 0.25) is 0 Å². The zero-order valence-electron chi connectivity index (χ0n) is 8.43. The van der Waals surface area contributed by atoms with Gasteiger partial charge in [-0.15, -0.1) is 11.3 Å². The minimum absolute atomic E-state index is 0.959. The molecule has 0 aliphatic rings. The normalized spacial score (nSPS) is 11.1. The van der Waals surface area contributed by atoms with Crippen molar-refractivity contribution in [3.63, 3.8) is 0 Å². The van der Waals surface area contributed by atoms with Gasteiger partial charge in [-0.05, 0) is 42.0 Å². The van der Waals surface area contributed by atoms with Crippen LogP contribution in [0.25, 0.3) is 10.1 Å². The van der Waals surface area contributed by atoms with E-state index in [4.69, 9.17) is 0 Å². The fraction of sp³-hybridized carbons (Fsp3) is 0.333. The van der Waals surface area contributed by atoms with E-state index in [1.54, 1.807) is 0 Å². The zero-order chi connectivity index (χ0) is 10.1. The molecule has 0 nitrogen and oxygen atoms in total. The first-order chi connectivity index (χ1) is 6.76. The summed E-state index contributed by atoms with van der Waals surface area (Å²) in [5, 5.41) is 2.41. The van der Waals surface area contributed by atoms with Crippen molar-refractivity contribution in [3.8, 4) is 0 Å². The van der Waals surface area contributed by atoms with Crippen LogP contribution in [0.1, 0.15) is 22.9 Å². The van der Waals surface area contributed by atoms with Crippen molar-refractivity contribution in [2.24, 2.45) is 0 Å². The van der Waals surface area contributed by atoms with E-state index in [2.05, 4.69) is 48.0 Å². The Kier molecular flexibility index (Phi) is 2.93. The zero-order valence-corrected chi connectivity index (χ0v) is 10.8. The molecule has 2 heteroatoms. The highest BCUT2D eigenvalue weighted by molar-refractivity contribution is 9.08. The van der Waals surface area contributed by atoms with Crippen molar-refractivity contribution in [2.75, 3.05) is 0 Å². The maximum Gasteiger partial charge on any atom is 0.0348 e. The molecule has 2 aromatic rings. The number of aryl methyl sites for hydroxylation is 2. The molecule has 0 aliphatic heterocycles. The van der Waals surface area contributed by atoms with Gasteiger partial charge in [0.05, 0.1) is 0 Å². The maximum atomic E-state index is 3.55. The summed E-state index contributed by atoms with van der Waals surface area (Å²) >= 11 is 5.43. The van der Waals surface area contributed by atoms with Crippen LogP contribution in [0.4, 0.5) is 0 Å². The smallest absolute Gasteiger partial charge is 0.0348 e. The Labute approximate surface area is 97.1 Å². The molecule has 0 atom stereocenters. The second-order valence-corrected chi connectivity index (χ2v) is 5.31. The van der Waals surface area contributed by atoms with Crippen LogP contribution < -0.4 is 0 Å². The van der Waals surface area contributed by atoms with Crippen LogP contribution in [0.3, 0.4) is 0 Å². The van der Waals surface area contributed by atoms with Gasteiger partial charge in [-0.3, -0.25) is 0 Å². The van der Waals surface area contributed by atoms with E-state index in [-0.39, 0.29) is 0 Å². The molecule has 0 spiro atoms. The number of alkyl halides is 1. The van der Waals surface area contributed by atoms with Crippen molar-refractivity contribution >= 4 is 37.4 Å². The van der Waals surface area contributed by atoms with Crippen LogP contribution >= 0.6 is 27.3 Å². The molecule has 0 saturated heterocycles. The van der Waals surface area contributed by atoms with E-state index in [0.717, 1.165) is 11.8 Å². The molecule has 14 heavy (non-hydrogen) atoms. The number of hydrogen-bond donors (Lipinski definition) is 0. The lowest BCUT2D eigenvalue weighted by Crippen LogP contribution is -1.89. The van der Waals surface area contributed by atoms with Gasteiger partial charge in [0.1, 0.15) is 0 Å². The molecule has 0 aliphatic carbocycles. The molecule has 1 aromatic carbocycles. The van der Waals surface area contributed by atoms with E-state index in [1.807, 2.05) is 11.3 Å². The summed E-state index contributed by atoms with van der Waals surface area (Å²) in [7, 11) is 0. The number of halogens is 1. The lowest BCUT2D eigenvalue weighted by atomic mass is 10.0. The highest BCUT2D eigenvalue weighted by Crippen LogP contribution is 2.31. The summed E-state index contributed by atoms with van der Waals surface area (Å²) in [6, 6.07) is 6.79. The second-order valence-electron chi connectivity index (χ2n) is 3.46. The van der Waals surface area contributed by atoms with Gasteiger partial charge in [0.2, 0.25) is 0 Å². The summed E-state index contributed by atoms with van der Waals surface area (Å²) in [6.45, 7) is 4.41. The Morgan fingerprint density at radius 1 is 1.36 bits per heavy atom. The predicted molar refractivity (Wildman–Crippen MR) is 68.6 cm³/mol. The molecule has 1 aromatic heterocycles. The Morgan fingerprint density at radius 3 is 2.79 bits per heavy atom. The largest absolute Gasteiger partial charge is 0.141 e. The van der Waals surface area contributed by atoms with Crippen LogP contribution in [-0.2, 0) is 11.8 Å². The Morgan fingerprint density at radius 2 is 2.14 bits per heavy atom. The third-order valence-corrected chi connectivity index (χ3v) is 4.15. The quantitative estimate of drug-likeness (QED) is 0.695. The van der Waals surface area contributed by atoms with Gasteiger partial charge in [0.15, 0.2) is 0 Å². The fourth-order valence-corrected chi connectivity index (χ4v) is 3.36. The molecule has 0 radical (unpaired) electrons. The van der Waals surface area contributed by atoms with Crippen molar-refractivity contribution in [3.05, 3.63) is 34.2 Å². The van der Waals surface area contributed by atoms with Crippen molar-refractivity contribution in [1.29, 1.82) is 0 Å². The van der Waals surface area contributed by atoms with Crippen LogP contribution in [0.15, 0.2) is 18.2 Å². The molecule has 0 bridgehead atoms. The maximum absolute atomic E-state index is 3.55. The predicted octanol–water partition coefficient (Wildman–Crippen LogP) is 4.67. The molecule has 0 fully saturated rings. The van der Waals surface area contributed by atoms with E-state index in [1.165, 1.54) is 26.1 Å². The lowest BCUT2D eigenvalue weighted by Gasteiger charge is -2.05. The molecule has 0 saturated carbocycles. The van der Waals surface area contributed by atoms with Gasteiger partial charge in [0, 0.05) is 14.9 Å². The molecule has 1 heterocycles. The third kappa shape index (κ3) is 1.61. The average Bonchev–Trinajstić information content (AvgIpc) is 2.56. The summed E-state index contributed by atoms with van der Waals surface area (Å²) in [5.41, 5.74) is 2.93. The molecular weight excluding hydrogens is 256 g/mol. The summed E-state index contributed by atoms with van der Waals surface area (Å²) < 4.78 is 1.42. The van der Waals surface area contributed by atoms with Crippen molar-refractivity contribution < 1.29 is 0 Å². The topological polar surface area (TPSA) is 0 Å². The molecule has 0 amide bonds. The van der Waals surface area contributed by atoms with Crippen molar-refractivity contribution in [1.82, 2.24) is 0 Å². The number of rotatable bonds is 2. The molecular formula is C12H13BrS. The molecule has 74 valence electrons.